The van der Waals surface area contributed by atoms with Gasteiger partial charge in [-0.15, -0.1) is 0 Å². The third kappa shape index (κ3) is 5.16. The summed E-state index contributed by atoms with van der Waals surface area (Å²) in [5.74, 6) is 1.78. The molecule has 0 bridgehead atoms. The molecule has 8 heteroatoms. The molecule has 1 heterocycles. The molecule has 0 aromatic heterocycles. The number of carbonyl (C=O) groups excluding carboxylic acids is 2. The zero-order valence-electron chi connectivity index (χ0n) is 17.2. The van der Waals surface area contributed by atoms with Crippen LogP contribution in [0, 0.1) is 0 Å². The number of ether oxygens (including phenoxy) is 3. The van der Waals surface area contributed by atoms with Gasteiger partial charge in [0.1, 0.15) is 23.4 Å². The molecule has 0 radical (unpaired) electrons. The van der Waals surface area contributed by atoms with Crippen LogP contribution < -0.4 is 24.8 Å². The molecule has 30 heavy (non-hydrogen) atoms. The Kier molecular flexibility index (Phi) is 7.05. The van der Waals surface area contributed by atoms with E-state index in [4.69, 9.17) is 25.8 Å². The van der Waals surface area contributed by atoms with Crippen LogP contribution in [0.4, 0.5) is 0 Å². The zero-order chi connectivity index (χ0) is 21.7. The van der Waals surface area contributed by atoms with E-state index in [9.17, 15) is 9.59 Å². The third-order valence-electron chi connectivity index (χ3n) is 4.82. The van der Waals surface area contributed by atoms with Crippen LogP contribution in [-0.4, -0.2) is 45.2 Å². The highest BCUT2D eigenvalue weighted by atomic mass is 35.5. The van der Waals surface area contributed by atoms with Crippen molar-refractivity contribution >= 4 is 23.4 Å². The van der Waals surface area contributed by atoms with E-state index < -0.39 is 0 Å². The molecule has 7 nitrogen and oxygen atoms in total. The average Bonchev–Trinajstić information content (AvgIpc) is 3.15. The molecular formula is C22H25ClN2O5. The molecule has 2 aromatic carbocycles. The number of nitrogens with one attached hydrogen (secondary N) is 2. The average molecular weight is 433 g/mol. The third-order valence-corrected chi connectivity index (χ3v) is 5.10. The molecule has 0 saturated heterocycles. The van der Waals surface area contributed by atoms with Crippen LogP contribution in [0.15, 0.2) is 30.3 Å². The topological polar surface area (TPSA) is 85.9 Å². The standard InChI is InChI=1S/C22H25ClN2O5/c1-13(26)24-7-6-21(27)25-12-17-9-15-8-14(10-19(23)22(15)30-17)18-11-16(28-2)4-5-20(18)29-3/h4-5,8,10-11,17H,6-7,9,12H2,1-3H3,(H,24,26)(H,25,27)/t17-/m0/s1. The maximum absolute atomic E-state index is 11.9. The highest BCUT2D eigenvalue weighted by Gasteiger charge is 2.27. The number of halogens is 1. The molecule has 0 fully saturated rings. The monoisotopic (exact) mass is 432 g/mol. The quantitative estimate of drug-likeness (QED) is 0.669. The number of hydrogen-bond acceptors (Lipinski definition) is 5. The predicted octanol–water partition coefficient (Wildman–Crippen LogP) is 2.97. The van der Waals surface area contributed by atoms with Gasteiger partial charge >= 0.3 is 0 Å². The molecule has 0 spiro atoms. The van der Waals surface area contributed by atoms with Crippen LogP contribution in [0.5, 0.6) is 17.2 Å². The summed E-state index contributed by atoms with van der Waals surface area (Å²) >= 11 is 6.50. The summed E-state index contributed by atoms with van der Waals surface area (Å²) in [5.41, 5.74) is 2.74. The van der Waals surface area contributed by atoms with Crippen LogP contribution in [0.1, 0.15) is 18.9 Å². The van der Waals surface area contributed by atoms with E-state index in [1.54, 1.807) is 14.2 Å². The van der Waals surface area contributed by atoms with Crippen molar-refractivity contribution in [1.82, 2.24) is 10.6 Å². The fraction of sp³-hybridized carbons (Fsp3) is 0.364. The second-order valence-electron chi connectivity index (χ2n) is 6.99. The van der Waals surface area contributed by atoms with Crippen molar-refractivity contribution in [3.8, 4) is 28.4 Å². The number of fused-ring (bicyclic) bond motifs is 1. The number of hydrogen-bond donors (Lipinski definition) is 2. The number of amides is 2. The molecule has 2 amide bonds. The number of rotatable bonds is 8. The highest BCUT2D eigenvalue weighted by Crippen LogP contribution is 2.42. The maximum Gasteiger partial charge on any atom is 0.221 e. The Morgan fingerprint density at radius 3 is 2.67 bits per heavy atom. The smallest absolute Gasteiger partial charge is 0.221 e. The lowest BCUT2D eigenvalue weighted by atomic mass is 9.99. The molecule has 0 aliphatic carbocycles. The van der Waals surface area contributed by atoms with Crippen molar-refractivity contribution < 1.29 is 23.8 Å². The van der Waals surface area contributed by atoms with Crippen molar-refractivity contribution in [3.05, 3.63) is 40.9 Å². The fourth-order valence-electron chi connectivity index (χ4n) is 3.36. The molecule has 1 atom stereocenters. The molecule has 1 aliphatic heterocycles. The van der Waals surface area contributed by atoms with Crippen molar-refractivity contribution in [2.45, 2.75) is 25.9 Å². The summed E-state index contributed by atoms with van der Waals surface area (Å²) in [6, 6.07) is 9.46. The van der Waals surface area contributed by atoms with E-state index in [-0.39, 0.29) is 24.3 Å². The Morgan fingerprint density at radius 2 is 1.97 bits per heavy atom. The van der Waals surface area contributed by atoms with E-state index in [0.717, 1.165) is 22.4 Å². The minimum Gasteiger partial charge on any atom is -0.497 e. The van der Waals surface area contributed by atoms with E-state index in [1.807, 2.05) is 30.3 Å². The van der Waals surface area contributed by atoms with Gasteiger partial charge in [-0.25, -0.2) is 0 Å². The first-order chi connectivity index (χ1) is 14.4. The van der Waals surface area contributed by atoms with Gasteiger partial charge in [-0.3, -0.25) is 9.59 Å². The van der Waals surface area contributed by atoms with Crippen LogP contribution in [0.2, 0.25) is 5.02 Å². The number of carbonyl (C=O) groups is 2. The van der Waals surface area contributed by atoms with Gasteiger partial charge in [-0.2, -0.15) is 0 Å². The van der Waals surface area contributed by atoms with Crippen LogP contribution in [-0.2, 0) is 16.0 Å². The molecule has 160 valence electrons. The Balaban J connectivity index is 1.69. The van der Waals surface area contributed by atoms with Crippen molar-refractivity contribution in [1.29, 1.82) is 0 Å². The lowest BCUT2D eigenvalue weighted by Crippen LogP contribution is -2.36. The zero-order valence-corrected chi connectivity index (χ0v) is 18.0. The maximum atomic E-state index is 11.9. The van der Waals surface area contributed by atoms with Crippen molar-refractivity contribution in [2.75, 3.05) is 27.3 Å². The Morgan fingerprint density at radius 1 is 1.17 bits per heavy atom. The molecule has 2 aromatic rings. The lowest BCUT2D eigenvalue weighted by Gasteiger charge is -2.13. The normalized spacial score (nSPS) is 14.5. The fourth-order valence-corrected chi connectivity index (χ4v) is 3.65. The van der Waals surface area contributed by atoms with Crippen molar-refractivity contribution in [2.24, 2.45) is 0 Å². The van der Waals surface area contributed by atoms with Crippen molar-refractivity contribution in [3.63, 3.8) is 0 Å². The molecule has 1 aliphatic rings. The van der Waals surface area contributed by atoms with Gasteiger partial charge in [0.05, 0.1) is 25.8 Å². The molecule has 2 N–H and O–H groups in total. The Labute approximate surface area is 180 Å². The summed E-state index contributed by atoms with van der Waals surface area (Å²) in [6.07, 6.45) is 0.644. The first-order valence-electron chi connectivity index (χ1n) is 9.64. The van der Waals surface area contributed by atoms with Crippen LogP contribution in [0.25, 0.3) is 11.1 Å². The SMILES string of the molecule is COc1ccc(OC)c(-c2cc(Cl)c3c(c2)C[C@@H](CNC(=O)CCNC(C)=O)O3)c1. The summed E-state index contributed by atoms with van der Waals surface area (Å²) in [7, 11) is 3.23. The first kappa shape index (κ1) is 21.8. The second kappa shape index (κ2) is 9.71. The number of benzene rings is 2. The number of methoxy groups -OCH3 is 2. The van der Waals surface area contributed by atoms with Crippen LogP contribution >= 0.6 is 11.6 Å². The Hall–Kier alpha value is -2.93. The minimum absolute atomic E-state index is 0.142. The van der Waals surface area contributed by atoms with Gasteiger partial charge in [0.15, 0.2) is 0 Å². The van der Waals surface area contributed by atoms with E-state index >= 15 is 0 Å². The molecule has 0 saturated carbocycles. The highest BCUT2D eigenvalue weighted by molar-refractivity contribution is 6.32. The Bertz CT molecular complexity index is 947. The van der Waals surface area contributed by atoms with Gasteiger partial charge in [0.25, 0.3) is 0 Å². The van der Waals surface area contributed by atoms with Gasteiger partial charge in [-0.1, -0.05) is 11.6 Å². The van der Waals surface area contributed by atoms with Gasteiger partial charge in [-0.05, 0) is 35.9 Å². The summed E-state index contributed by atoms with van der Waals surface area (Å²) < 4.78 is 16.8. The summed E-state index contributed by atoms with van der Waals surface area (Å²) in [6.45, 7) is 2.09. The van der Waals surface area contributed by atoms with Gasteiger partial charge in [0.2, 0.25) is 11.8 Å². The predicted molar refractivity (Wildman–Crippen MR) is 114 cm³/mol. The van der Waals surface area contributed by atoms with E-state index in [0.29, 0.717) is 36.0 Å². The molecular weight excluding hydrogens is 408 g/mol. The second-order valence-corrected chi connectivity index (χ2v) is 7.40. The van der Waals surface area contributed by atoms with E-state index in [1.165, 1.54) is 6.92 Å². The molecule has 0 unspecified atom stereocenters. The lowest BCUT2D eigenvalue weighted by molar-refractivity contribution is -0.121. The molecule has 3 rings (SSSR count). The largest absolute Gasteiger partial charge is 0.497 e. The van der Waals surface area contributed by atoms with Crippen LogP contribution in [0.3, 0.4) is 0 Å². The minimum atomic E-state index is -0.204. The summed E-state index contributed by atoms with van der Waals surface area (Å²) in [4.78, 5) is 22.8. The van der Waals surface area contributed by atoms with Gasteiger partial charge in [0, 0.05) is 37.4 Å². The first-order valence-corrected chi connectivity index (χ1v) is 10.0. The van der Waals surface area contributed by atoms with E-state index in [2.05, 4.69) is 10.6 Å². The summed E-state index contributed by atoms with van der Waals surface area (Å²) in [5, 5.41) is 5.94. The van der Waals surface area contributed by atoms with Gasteiger partial charge < -0.3 is 24.8 Å².